The number of aryl methyl sites for hydroxylation is 2. The van der Waals surface area contributed by atoms with Gasteiger partial charge in [0.2, 0.25) is 11.7 Å². The highest BCUT2D eigenvalue weighted by Crippen LogP contribution is 2.33. The molecule has 4 rings (SSSR count). The van der Waals surface area contributed by atoms with E-state index in [2.05, 4.69) is 65.0 Å². The zero-order chi connectivity index (χ0) is 19.5. The fourth-order valence-electron chi connectivity index (χ4n) is 3.24. The summed E-state index contributed by atoms with van der Waals surface area (Å²) in [5.74, 6) is 1.94. The lowest BCUT2D eigenvalue weighted by Gasteiger charge is -2.12. The fourth-order valence-corrected chi connectivity index (χ4v) is 4.06. The Kier molecular flexibility index (Phi) is 5.21. The fraction of sp³-hybridized carbons (Fsp3) is 0.227. The van der Waals surface area contributed by atoms with Crippen molar-refractivity contribution < 1.29 is 4.52 Å². The van der Waals surface area contributed by atoms with Crippen LogP contribution in [0.5, 0.6) is 0 Å². The van der Waals surface area contributed by atoms with Crippen LogP contribution < -0.4 is 5.32 Å². The summed E-state index contributed by atoms with van der Waals surface area (Å²) in [4.78, 5) is 10.3. The Bertz CT molecular complexity index is 1070. The highest BCUT2D eigenvalue weighted by molar-refractivity contribution is 7.10. The minimum absolute atomic E-state index is 0.0260. The molecule has 0 bridgehead atoms. The summed E-state index contributed by atoms with van der Waals surface area (Å²) < 4.78 is 5.72. The van der Waals surface area contributed by atoms with Crippen molar-refractivity contribution in [1.29, 1.82) is 0 Å². The Morgan fingerprint density at radius 1 is 1.11 bits per heavy atom. The van der Waals surface area contributed by atoms with Crippen LogP contribution in [0.15, 0.2) is 58.6 Å². The SMILES string of the molecule is CNc1ncccc1-c1noc(C(Cc2ccc(C)c(C)c2)c2cccs2)n1. The van der Waals surface area contributed by atoms with Crippen molar-refractivity contribution in [3.63, 3.8) is 0 Å². The molecule has 3 heterocycles. The molecule has 0 aliphatic heterocycles. The molecule has 6 heteroatoms. The van der Waals surface area contributed by atoms with Crippen LogP contribution in [0.2, 0.25) is 0 Å². The molecule has 0 spiro atoms. The summed E-state index contributed by atoms with van der Waals surface area (Å²) in [5.41, 5.74) is 4.69. The number of aromatic nitrogens is 3. The molecule has 0 radical (unpaired) electrons. The Balaban J connectivity index is 1.70. The number of rotatable bonds is 6. The summed E-state index contributed by atoms with van der Waals surface area (Å²) in [6.45, 7) is 4.28. The largest absolute Gasteiger partial charge is 0.373 e. The van der Waals surface area contributed by atoms with Gasteiger partial charge in [-0.25, -0.2) is 4.98 Å². The van der Waals surface area contributed by atoms with E-state index in [1.807, 2.05) is 19.2 Å². The van der Waals surface area contributed by atoms with Crippen molar-refractivity contribution in [3.8, 4) is 11.4 Å². The minimum atomic E-state index is 0.0260. The molecule has 0 saturated heterocycles. The van der Waals surface area contributed by atoms with E-state index in [4.69, 9.17) is 9.51 Å². The molecule has 1 unspecified atom stereocenters. The van der Waals surface area contributed by atoms with E-state index in [0.717, 1.165) is 17.8 Å². The number of pyridine rings is 1. The molecule has 0 aliphatic rings. The van der Waals surface area contributed by atoms with Gasteiger partial charge in [0, 0.05) is 18.1 Å². The van der Waals surface area contributed by atoms with Crippen molar-refractivity contribution in [3.05, 3.63) is 81.5 Å². The minimum Gasteiger partial charge on any atom is -0.373 e. The molecule has 0 fully saturated rings. The molecular weight excluding hydrogens is 368 g/mol. The predicted octanol–water partition coefficient (Wildman–Crippen LogP) is 5.23. The normalized spacial score (nSPS) is 12.1. The topological polar surface area (TPSA) is 63.8 Å². The zero-order valence-electron chi connectivity index (χ0n) is 16.1. The van der Waals surface area contributed by atoms with Crippen LogP contribution in [-0.2, 0) is 6.42 Å². The summed E-state index contributed by atoms with van der Waals surface area (Å²) in [5, 5.41) is 9.40. The van der Waals surface area contributed by atoms with Crippen LogP contribution in [0.4, 0.5) is 5.82 Å². The number of anilines is 1. The average Bonchev–Trinajstić information content (AvgIpc) is 3.41. The van der Waals surface area contributed by atoms with Crippen LogP contribution in [0.25, 0.3) is 11.4 Å². The van der Waals surface area contributed by atoms with Crippen LogP contribution in [0.1, 0.15) is 33.4 Å². The second-order valence-corrected chi connectivity index (χ2v) is 7.78. The molecule has 4 aromatic rings. The zero-order valence-corrected chi connectivity index (χ0v) is 17.0. The standard InChI is InChI=1S/C22H22N4OS/c1-14-8-9-16(12-15(14)2)13-18(19-7-5-11-28-19)22-25-21(26-27-22)17-6-4-10-24-20(17)23-3/h4-12,18H,13H2,1-3H3,(H,23,24). The van der Waals surface area contributed by atoms with Gasteiger partial charge in [-0.2, -0.15) is 4.98 Å². The van der Waals surface area contributed by atoms with Crippen molar-refractivity contribution in [2.75, 3.05) is 12.4 Å². The van der Waals surface area contributed by atoms with E-state index in [9.17, 15) is 0 Å². The van der Waals surface area contributed by atoms with Crippen LogP contribution in [-0.4, -0.2) is 22.2 Å². The van der Waals surface area contributed by atoms with Crippen LogP contribution in [0, 0.1) is 13.8 Å². The van der Waals surface area contributed by atoms with Crippen LogP contribution >= 0.6 is 11.3 Å². The third-order valence-corrected chi connectivity index (χ3v) is 5.91. The van der Waals surface area contributed by atoms with E-state index in [-0.39, 0.29) is 5.92 Å². The predicted molar refractivity (Wildman–Crippen MR) is 113 cm³/mol. The van der Waals surface area contributed by atoms with Crippen molar-refractivity contribution in [2.45, 2.75) is 26.2 Å². The molecule has 0 aliphatic carbocycles. The maximum absolute atomic E-state index is 5.72. The highest BCUT2D eigenvalue weighted by Gasteiger charge is 2.24. The third kappa shape index (κ3) is 3.68. The maximum Gasteiger partial charge on any atom is 0.235 e. The first-order chi connectivity index (χ1) is 13.7. The molecule has 0 amide bonds. The monoisotopic (exact) mass is 390 g/mol. The average molecular weight is 391 g/mol. The first-order valence-electron chi connectivity index (χ1n) is 9.22. The van der Waals surface area contributed by atoms with Crippen molar-refractivity contribution in [1.82, 2.24) is 15.1 Å². The number of benzene rings is 1. The third-order valence-electron chi connectivity index (χ3n) is 4.92. The quantitative estimate of drug-likeness (QED) is 0.489. The second kappa shape index (κ2) is 7.94. The van der Waals surface area contributed by atoms with Gasteiger partial charge in [0.25, 0.3) is 0 Å². The van der Waals surface area contributed by atoms with Crippen molar-refractivity contribution in [2.24, 2.45) is 0 Å². The Labute approximate surface area is 168 Å². The molecule has 142 valence electrons. The van der Waals surface area contributed by atoms with Gasteiger partial charge < -0.3 is 9.84 Å². The second-order valence-electron chi connectivity index (χ2n) is 6.80. The number of hydrogen-bond acceptors (Lipinski definition) is 6. The van der Waals surface area contributed by atoms with E-state index in [1.165, 1.54) is 21.6 Å². The van der Waals surface area contributed by atoms with E-state index in [0.29, 0.717) is 11.7 Å². The Morgan fingerprint density at radius 3 is 2.75 bits per heavy atom. The summed E-state index contributed by atoms with van der Waals surface area (Å²) in [7, 11) is 1.83. The summed E-state index contributed by atoms with van der Waals surface area (Å²) >= 11 is 1.71. The molecular formula is C22H22N4OS. The summed E-state index contributed by atoms with van der Waals surface area (Å²) in [6, 6.07) is 14.6. The summed E-state index contributed by atoms with van der Waals surface area (Å²) in [6.07, 6.45) is 2.56. The van der Waals surface area contributed by atoms with Crippen molar-refractivity contribution >= 4 is 17.2 Å². The lowest BCUT2D eigenvalue weighted by molar-refractivity contribution is 0.366. The van der Waals surface area contributed by atoms with E-state index < -0.39 is 0 Å². The van der Waals surface area contributed by atoms with Gasteiger partial charge in [0.05, 0.1) is 11.5 Å². The van der Waals surface area contributed by atoms with Gasteiger partial charge in [-0.15, -0.1) is 11.3 Å². The first-order valence-corrected chi connectivity index (χ1v) is 10.1. The molecule has 1 N–H and O–H groups in total. The van der Waals surface area contributed by atoms with E-state index in [1.54, 1.807) is 17.5 Å². The number of nitrogens with one attached hydrogen (secondary N) is 1. The number of hydrogen-bond donors (Lipinski definition) is 1. The molecule has 3 aromatic heterocycles. The van der Waals surface area contributed by atoms with E-state index >= 15 is 0 Å². The lowest BCUT2D eigenvalue weighted by atomic mass is 9.95. The molecule has 28 heavy (non-hydrogen) atoms. The van der Waals surface area contributed by atoms with Gasteiger partial charge in [-0.1, -0.05) is 29.4 Å². The maximum atomic E-state index is 5.72. The number of thiophene rings is 1. The Hall–Kier alpha value is -2.99. The van der Waals surface area contributed by atoms with Gasteiger partial charge in [-0.3, -0.25) is 0 Å². The molecule has 1 atom stereocenters. The van der Waals surface area contributed by atoms with Gasteiger partial charge >= 0.3 is 0 Å². The van der Waals surface area contributed by atoms with Crippen LogP contribution in [0.3, 0.4) is 0 Å². The van der Waals surface area contributed by atoms with Gasteiger partial charge in [0.15, 0.2) is 0 Å². The van der Waals surface area contributed by atoms with Gasteiger partial charge in [0.1, 0.15) is 5.82 Å². The smallest absolute Gasteiger partial charge is 0.235 e. The molecule has 1 aromatic carbocycles. The molecule has 0 saturated carbocycles. The first kappa shape index (κ1) is 18.4. The lowest BCUT2D eigenvalue weighted by Crippen LogP contribution is -2.05. The Morgan fingerprint density at radius 2 is 2.00 bits per heavy atom. The van der Waals surface area contributed by atoms with Gasteiger partial charge in [-0.05, 0) is 60.5 Å². The highest BCUT2D eigenvalue weighted by atomic mass is 32.1. The molecule has 5 nitrogen and oxygen atoms in total. The number of nitrogens with zero attached hydrogens (tertiary/aromatic N) is 3.